The number of oxime groups is 7. The highest BCUT2D eigenvalue weighted by Crippen LogP contribution is 2.56. The largest absolute Gasteiger partial charge is 0.387 e. The van der Waals surface area contributed by atoms with E-state index in [0.717, 1.165) is 123 Å². The predicted molar refractivity (Wildman–Crippen MR) is 414 cm³/mol. The molecule has 14 nitrogen and oxygen atoms in total. The van der Waals surface area contributed by atoms with Gasteiger partial charge in [0, 0.05) is 89.0 Å². The quantitative estimate of drug-likeness (QED) is 0.147. The molecule has 0 saturated carbocycles. The van der Waals surface area contributed by atoms with Crippen LogP contribution in [-0.4, -0.2) is 40.0 Å². The Hall–Kier alpha value is -9.17. The van der Waals surface area contributed by atoms with Crippen LogP contribution in [0, 0.1) is 29.1 Å². The van der Waals surface area contributed by atoms with E-state index < -0.39 is 0 Å². The molecule has 21 rings (SSSR count). The fraction of sp³-hybridized carbons (Fsp3) is 0.456. The zero-order valence-corrected chi connectivity index (χ0v) is 62.8. The Morgan fingerprint density at radius 2 is 0.740 bits per heavy atom. The molecule has 11 atom stereocenters. The van der Waals surface area contributed by atoms with Gasteiger partial charge in [-0.1, -0.05) is 234 Å². The molecule has 6 unspecified atom stereocenters. The van der Waals surface area contributed by atoms with Crippen LogP contribution in [0.15, 0.2) is 206 Å². The molecule has 14 aliphatic rings. The molecule has 0 fully saturated rings. The van der Waals surface area contributed by atoms with Crippen LogP contribution in [0.3, 0.4) is 0 Å². The van der Waals surface area contributed by atoms with E-state index >= 15 is 0 Å². The van der Waals surface area contributed by atoms with Gasteiger partial charge in [-0.05, 0) is 182 Å². The molecule has 7 aliphatic heterocycles. The average Bonchev–Trinajstić information content (AvgIpc) is 0.977. The number of benzene rings is 7. The van der Waals surface area contributed by atoms with Gasteiger partial charge < -0.3 is 33.9 Å². The van der Waals surface area contributed by atoms with Crippen LogP contribution in [0.25, 0.3) is 0 Å². The Morgan fingerprint density at radius 3 is 1.31 bits per heavy atom. The topological polar surface area (TPSA) is 151 Å². The minimum Gasteiger partial charge on any atom is -0.387 e. The molecular weight excluding hydrogens is 1290 g/mol. The van der Waals surface area contributed by atoms with Crippen molar-refractivity contribution in [2.75, 3.05) is 0 Å². The SMILES string of the molecule is CC1=NOC2c3ccccc3CC12.CC1=NOC2c3ccccc3CCC12.CC1=NO[C@]2(C1)c1ccccc1CC2C.CC1=NO[C@]2(C1)c1ccccc1CCC2(C)C.CC1=NO[C@]2(C1)c1ccccc1CCC2C.CC1=NO[C@]2(CCCc3ccccc32)C1.CC1=NO[C@]2(CCc3ccccc32)C1. The van der Waals surface area contributed by atoms with Gasteiger partial charge in [0.25, 0.3) is 0 Å². The normalized spacial score (nSPS) is 30.0. The van der Waals surface area contributed by atoms with Crippen molar-refractivity contribution in [3.05, 3.63) is 248 Å². The minimum absolute atomic E-state index is 0.110. The van der Waals surface area contributed by atoms with Gasteiger partial charge >= 0.3 is 0 Å². The lowest BCUT2D eigenvalue weighted by atomic mass is 9.61. The minimum atomic E-state index is -0.230. The molecule has 5 spiro atoms. The Kier molecular flexibility index (Phi) is 19.5. The summed E-state index contributed by atoms with van der Waals surface area (Å²) in [5.74, 6) is 2.09. The summed E-state index contributed by atoms with van der Waals surface area (Å²) in [5, 5.41) is 28.9. The maximum atomic E-state index is 5.92. The number of hydrogen-bond acceptors (Lipinski definition) is 14. The summed E-state index contributed by atoms with van der Waals surface area (Å²) in [7, 11) is 0. The molecule has 104 heavy (non-hydrogen) atoms. The second-order valence-corrected chi connectivity index (χ2v) is 32.5. The van der Waals surface area contributed by atoms with Crippen LogP contribution in [0.5, 0.6) is 0 Å². The molecule has 0 bridgehead atoms. The van der Waals surface area contributed by atoms with Crippen molar-refractivity contribution in [3.8, 4) is 0 Å². The Balaban J connectivity index is 0.0000000977. The van der Waals surface area contributed by atoms with Crippen LogP contribution in [0.2, 0.25) is 0 Å². The van der Waals surface area contributed by atoms with Crippen molar-refractivity contribution in [1.82, 2.24) is 0 Å². The zero-order chi connectivity index (χ0) is 72.0. The summed E-state index contributed by atoms with van der Waals surface area (Å²) in [6.45, 7) is 23.5. The van der Waals surface area contributed by atoms with E-state index in [9.17, 15) is 0 Å². The molecule has 0 aromatic heterocycles. The molecule has 7 aliphatic carbocycles. The first kappa shape index (κ1) is 70.5. The van der Waals surface area contributed by atoms with Gasteiger partial charge in [0.05, 0.1) is 40.0 Å². The third kappa shape index (κ3) is 13.1. The van der Waals surface area contributed by atoms with Gasteiger partial charge in [-0.15, -0.1) is 0 Å². The monoisotopic (exact) mass is 1390 g/mol. The van der Waals surface area contributed by atoms with Gasteiger partial charge in [0.2, 0.25) is 0 Å². The molecule has 0 saturated heterocycles. The number of nitrogens with zero attached hydrogens (tertiary/aromatic N) is 7. The first-order valence-corrected chi connectivity index (χ1v) is 38.4. The van der Waals surface area contributed by atoms with E-state index in [-0.39, 0.29) is 45.6 Å². The summed E-state index contributed by atoms with van der Waals surface area (Å²) < 4.78 is 0. The van der Waals surface area contributed by atoms with Gasteiger partial charge in [0.1, 0.15) is 0 Å². The highest BCUT2D eigenvalue weighted by molar-refractivity contribution is 5.88. The summed E-state index contributed by atoms with van der Waals surface area (Å²) >= 11 is 0. The van der Waals surface area contributed by atoms with Crippen molar-refractivity contribution in [3.63, 3.8) is 0 Å². The number of hydrogen-bond donors (Lipinski definition) is 0. The lowest BCUT2D eigenvalue weighted by Crippen LogP contribution is -2.46. The van der Waals surface area contributed by atoms with E-state index in [1.807, 2.05) is 20.8 Å². The molecule has 7 aromatic rings. The standard InChI is InChI=1S/C15H19NO.C14H17NO.2C13H15NO.2C12H13NO.C11H11NO/c1-11-10-15(17-16-11)13-7-5-4-6-12(13)8-9-14(15,2)3;1-10-7-8-12-5-3-4-6-13(12)14(10)9-11(2)15-16-14;1-9-7-11-5-3-4-6-12(11)13(9)8-10(2)14-15-13;1-10-9-13(15-14-10)8-4-6-11-5-2-3-7-12(11)13;1-9-8-12(14-13-9)7-6-10-4-2-3-5-11(10)12;1-8-10-7-6-9-4-2-3-5-11(9)12(10)14-13-8;1-7-10-6-8-4-2-3-5-9(8)11(10)13-12-7/h4-7H,8-10H2,1-3H3;3-6,10H,7-9H2,1-2H3;3-6,9H,7-8H2,1-2H3;2-3,5,7H,4,6,8-9H2,1H3;2-5H,6-8H2,1H3;2-5,10,12H,6-7H2,1H3;2-5,10-11H,6H2,1H3/t15-;10?,14-;9?,13-;13-;12-;;/m10011../s1. The third-order valence-corrected chi connectivity index (χ3v) is 25.1. The summed E-state index contributed by atoms with van der Waals surface area (Å²) in [5.41, 5.74) is 26.6. The van der Waals surface area contributed by atoms with Gasteiger partial charge in [0.15, 0.2) is 40.2 Å². The Morgan fingerprint density at radius 1 is 0.327 bits per heavy atom. The summed E-state index contributed by atoms with van der Waals surface area (Å²) in [6, 6.07) is 60.1. The zero-order valence-electron chi connectivity index (χ0n) is 62.8. The fourth-order valence-corrected chi connectivity index (χ4v) is 19.3. The highest BCUT2D eigenvalue weighted by Gasteiger charge is 2.56. The van der Waals surface area contributed by atoms with Crippen molar-refractivity contribution in [1.29, 1.82) is 0 Å². The summed E-state index contributed by atoms with van der Waals surface area (Å²) in [4.78, 5) is 39.7. The lowest BCUT2D eigenvalue weighted by Gasteiger charge is -2.46. The molecule has 0 N–H and O–H groups in total. The smallest absolute Gasteiger partial charge is 0.173 e. The number of fused-ring (bicyclic) bond motifs is 16. The van der Waals surface area contributed by atoms with Crippen LogP contribution in [0.4, 0.5) is 0 Å². The van der Waals surface area contributed by atoms with Crippen LogP contribution >= 0.6 is 0 Å². The number of rotatable bonds is 0. The predicted octanol–water partition coefficient (Wildman–Crippen LogP) is 20.4. The highest BCUT2D eigenvalue weighted by atomic mass is 16.7. The molecule has 0 amide bonds. The van der Waals surface area contributed by atoms with E-state index in [4.69, 9.17) is 33.9 Å². The van der Waals surface area contributed by atoms with E-state index in [2.05, 4.69) is 261 Å². The average molecular weight is 1390 g/mol. The van der Waals surface area contributed by atoms with E-state index in [1.165, 1.54) is 110 Å². The summed E-state index contributed by atoms with van der Waals surface area (Å²) in [6.07, 6.45) is 20.1. The molecule has 14 heteroatoms. The van der Waals surface area contributed by atoms with Crippen LogP contribution < -0.4 is 0 Å². The first-order chi connectivity index (χ1) is 50.3. The second-order valence-electron chi connectivity index (χ2n) is 32.5. The second kappa shape index (κ2) is 28.7. The maximum absolute atomic E-state index is 5.92. The van der Waals surface area contributed by atoms with Crippen molar-refractivity contribution in [2.45, 2.75) is 232 Å². The fourth-order valence-electron chi connectivity index (χ4n) is 19.3. The van der Waals surface area contributed by atoms with E-state index in [1.54, 1.807) is 0 Å². The Labute approximate surface area is 615 Å². The van der Waals surface area contributed by atoms with Gasteiger partial charge in [-0.2, -0.15) is 0 Å². The van der Waals surface area contributed by atoms with Crippen molar-refractivity contribution in [2.24, 2.45) is 65.2 Å². The maximum Gasteiger partial charge on any atom is 0.173 e. The van der Waals surface area contributed by atoms with E-state index in [0.29, 0.717) is 23.7 Å². The molecule has 7 aromatic carbocycles. The van der Waals surface area contributed by atoms with Crippen molar-refractivity contribution < 1.29 is 33.9 Å². The lowest BCUT2D eigenvalue weighted by molar-refractivity contribution is -0.119. The third-order valence-electron chi connectivity index (χ3n) is 25.1. The van der Waals surface area contributed by atoms with Gasteiger partial charge in [-0.25, -0.2) is 0 Å². The molecule has 7 heterocycles. The van der Waals surface area contributed by atoms with Crippen LogP contribution in [-0.2, 0) is 107 Å². The van der Waals surface area contributed by atoms with Crippen LogP contribution in [0.1, 0.15) is 237 Å². The van der Waals surface area contributed by atoms with Gasteiger partial charge in [-0.3, -0.25) is 0 Å². The Bertz CT molecular complexity index is 4600. The van der Waals surface area contributed by atoms with Crippen molar-refractivity contribution >= 4 is 40.0 Å². The number of aryl methyl sites for hydroxylation is 5. The molecule has 540 valence electrons. The first-order valence-electron chi connectivity index (χ1n) is 38.4. The molecular formula is C90H103N7O7. The molecule has 0 radical (unpaired) electrons.